The van der Waals surface area contributed by atoms with Crippen molar-refractivity contribution < 1.29 is 14.3 Å². The van der Waals surface area contributed by atoms with Crippen LogP contribution >= 0.6 is 0 Å². The molecule has 4 rings (SSSR count). The summed E-state index contributed by atoms with van der Waals surface area (Å²) in [7, 11) is 3.35. The minimum atomic E-state index is -0.116. The number of piperazine rings is 1. The van der Waals surface area contributed by atoms with E-state index in [-0.39, 0.29) is 5.91 Å². The minimum Gasteiger partial charge on any atom is -0.497 e. The number of hydrogen-bond donors (Lipinski definition) is 2. The van der Waals surface area contributed by atoms with E-state index in [4.69, 9.17) is 9.47 Å². The van der Waals surface area contributed by atoms with Crippen molar-refractivity contribution >= 4 is 22.5 Å². The number of aromatic nitrogens is 1. The topological polar surface area (TPSA) is 69.8 Å². The average Bonchev–Trinajstić information content (AvgIpc) is 3.27. The molecular weight excluding hydrogens is 404 g/mol. The first-order valence-electron chi connectivity index (χ1n) is 10.9. The lowest BCUT2D eigenvalue weighted by molar-refractivity contribution is 0.0954. The zero-order valence-electron chi connectivity index (χ0n) is 18.6. The summed E-state index contributed by atoms with van der Waals surface area (Å²) in [5.41, 5.74) is 2.62. The number of aromatic amines is 1. The molecule has 1 aliphatic heterocycles. The summed E-state index contributed by atoms with van der Waals surface area (Å²) in [6.45, 7) is 5.30. The fourth-order valence-corrected chi connectivity index (χ4v) is 3.98. The number of nitrogens with one attached hydrogen (secondary N) is 2. The Morgan fingerprint density at radius 2 is 1.84 bits per heavy atom. The first-order chi connectivity index (χ1) is 15.7. The van der Waals surface area contributed by atoms with Crippen LogP contribution in [-0.2, 0) is 0 Å². The molecule has 1 fully saturated rings. The molecule has 7 heteroatoms. The Hall–Kier alpha value is -3.45. The van der Waals surface area contributed by atoms with Crippen LogP contribution in [0, 0.1) is 0 Å². The van der Waals surface area contributed by atoms with Crippen molar-refractivity contribution in [1.29, 1.82) is 0 Å². The molecule has 0 radical (unpaired) electrons. The van der Waals surface area contributed by atoms with E-state index in [0.717, 1.165) is 60.8 Å². The van der Waals surface area contributed by atoms with Crippen LogP contribution in [0.25, 0.3) is 10.9 Å². The van der Waals surface area contributed by atoms with E-state index in [1.807, 2.05) is 48.5 Å². The molecular formula is C25H30N4O3. The van der Waals surface area contributed by atoms with Gasteiger partial charge in [-0.3, -0.25) is 9.69 Å². The minimum absolute atomic E-state index is 0.116. The van der Waals surface area contributed by atoms with Crippen LogP contribution in [0.1, 0.15) is 10.5 Å². The predicted molar refractivity (Wildman–Crippen MR) is 128 cm³/mol. The fourth-order valence-electron chi connectivity index (χ4n) is 3.98. The number of nitrogens with zero attached hydrogens (tertiary/aromatic N) is 2. The molecule has 0 saturated carbocycles. The number of anilines is 1. The summed E-state index contributed by atoms with van der Waals surface area (Å²) in [6, 6.07) is 15.7. The highest BCUT2D eigenvalue weighted by Gasteiger charge is 2.18. The summed E-state index contributed by atoms with van der Waals surface area (Å²) >= 11 is 0. The van der Waals surface area contributed by atoms with E-state index in [2.05, 4.69) is 32.2 Å². The second kappa shape index (κ2) is 10.2. The maximum absolute atomic E-state index is 12.4. The molecule has 0 spiro atoms. The van der Waals surface area contributed by atoms with E-state index in [1.54, 1.807) is 14.2 Å². The van der Waals surface area contributed by atoms with Crippen molar-refractivity contribution in [3.8, 4) is 11.5 Å². The number of ether oxygens (including phenoxy) is 2. The Bertz CT molecular complexity index is 1080. The second-order valence-electron chi connectivity index (χ2n) is 7.78. The van der Waals surface area contributed by atoms with Crippen molar-refractivity contribution in [1.82, 2.24) is 15.2 Å². The van der Waals surface area contributed by atoms with Crippen LogP contribution in [0.15, 0.2) is 60.7 Å². The fraction of sp³-hybridized carbons (Fsp3) is 0.320. The lowest BCUT2D eigenvalue weighted by atomic mass is 10.2. The van der Waals surface area contributed by atoms with Crippen LogP contribution < -0.4 is 19.7 Å². The van der Waals surface area contributed by atoms with Gasteiger partial charge in [0.2, 0.25) is 0 Å². The zero-order valence-corrected chi connectivity index (χ0v) is 18.6. The van der Waals surface area contributed by atoms with Crippen molar-refractivity contribution in [2.75, 3.05) is 58.4 Å². The molecule has 7 nitrogen and oxygen atoms in total. The molecule has 3 aromatic rings. The Morgan fingerprint density at radius 1 is 1.03 bits per heavy atom. The number of methoxy groups -OCH3 is 2. The first kappa shape index (κ1) is 21.8. The van der Waals surface area contributed by atoms with Gasteiger partial charge in [-0.25, -0.2) is 0 Å². The summed E-state index contributed by atoms with van der Waals surface area (Å²) in [5, 5.41) is 3.89. The molecule has 1 aliphatic rings. The van der Waals surface area contributed by atoms with E-state index >= 15 is 0 Å². The van der Waals surface area contributed by atoms with E-state index in [9.17, 15) is 4.79 Å². The lowest BCUT2D eigenvalue weighted by Crippen LogP contribution is -2.46. The number of carbonyl (C=O) groups excluding carboxylic acids is 1. The average molecular weight is 435 g/mol. The summed E-state index contributed by atoms with van der Waals surface area (Å²) in [4.78, 5) is 20.4. The molecule has 1 saturated heterocycles. The predicted octanol–water partition coefficient (Wildman–Crippen LogP) is 3.29. The maximum atomic E-state index is 12.4. The van der Waals surface area contributed by atoms with Gasteiger partial charge in [0.1, 0.15) is 17.2 Å². The molecule has 0 unspecified atom stereocenters. The van der Waals surface area contributed by atoms with Crippen LogP contribution in [0.4, 0.5) is 5.69 Å². The van der Waals surface area contributed by atoms with Gasteiger partial charge in [0.05, 0.1) is 19.9 Å². The van der Waals surface area contributed by atoms with Crippen LogP contribution in [0.2, 0.25) is 0 Å². The zero-order chi connectivity index (χ0) is 22.3. The molecule has 0 aliphatic carbocycles. The Labute approximate surface area is 188 Å². The van der Waals surface area contributed by atoms with E-state index in [0.29, 0.717) is 12.2 Å². The Kier molecular flexibility index (Phi) is 6.97. The first-order valence-corrected chi connectivity index (χ1v) is 10.9. The number of benzene rings is 2. The highest BCUT2D eigenvalue weighted by Crippen LogP contribution is 2.28. The van der Waals surface area contributed by atoms with Gasteiger partial charge in [-0.05, 0) is 36.4 Å². The Balaban J connectivity index is 1.21. The van der Waals surface area contributed by atoms with Crippen molar-refractivity contribution in [3.63, 3.8) is 0 Å². The standard InChI is InChI=1S/C25H30N4O3/c1-31-20-9-10-21-19(17-20)18-22(27-21)25(30)26-11-5-6-12-28-13-15-29(16-14-28)23-7-3-4-8-24(23)32-2/h3-10,17-18,27H,11-16H2,1-2H3,(H,26,30). The number of H-pyrrole nitrogens is 1. The van der Waals surface area contributed by atoms with Gasteiger partial charge in [0, 0.05) is 50.2 Å². The van der Waals surface area contributed by atoms with Gasteiger partial charge >= 0.3 is 0 Å². The molecule has 1 amide bonds. The van der Waals surface area contributed by atoms with Crippen LogP contribution in [-0.4, -0.2) is 69.3 Å². The third-order valence-electron chi connectivity index (χ3n) is 5.78. The summed E-state index contributed by atoms with van der Waals surface area (Å²) in [6.07, 6.45) is 4.13. The summed E-state index contributed by atoms with van der Waals surface area (Å²) in [5.74, 6) is 1.58. The van der Waals surface area contributed by atoms with Crippen molar-refractivity contribution in [3.05, 3.63) is 66.4 Å². The Morgan fingerprint density at radius 3 is 2.62 bits per heavy atom. The molecule has 1 aromatic heterocycles. The van der Waals surface area contributed by atoms with Gasteiger partial charge in [0.25, 0.3) is 5.91 Å². The highest BCUT2D eigenvalue weighted by atomic mass is 16.5. The monoisotopic (exact) mass is 434 g/mol. The molecule has 168 valence electrons. The van der Waals surface area contributed by atoms with Gasteiger partial charge in [-0.2, -0.15) is 0 Å². The smallest absolute Gasteiger partial charge is 0.267 e. The van der Waals surface area contributed by atoms with Crippen molar-refractivity contribution in [2.45, 2.75) is 0 Å². The number of rotatable bonds is 8. The number of hydrogen-bond acceptors (Lipinski definition) is 5. The summed E-state index contributed by atoms with van der Waals surface area (Å²) < 4.78 is 10.7. The normalized spacial score (nSPS) is 14.8. The molecule has 2 aromatic carbocycles. The molecule has 0 atom stereocenters. The maximum Gasteiger partial charge on any atom is 0.267 e. The largest absolute Gasteiger partial charge is 0.497 e. The van der Waals surface area contributed by atoms with Gasteiger partial charge in [-0.15, -0.1) is 0 Å². The lowest BCUT2D eigenvalue weighted by Gasteiger charge is -2.36. The van der Waals surface area contributed by atoms with E-state index in [1.165, 1.54) is 0 Å². The van der Waals surface area contributed by atoms with Crippen LogP contribution in [0.5, 0.6) is 11.5 Å². The SMILES string of the molecule is COc1ccc2[nH]c(C(=O)NCC=CCN3CCN(c4ccccc4OC)CC3)cc2c1. The number of fused-ring (bicyclic) bond motifs is 1. The van der Waals surface area contributed by atoms with Crippen LogP contribution in [0.3, 0.4) is 0 Å². The van der Waals surface area contributed by atoms with Gasteiger partial charge in [-0.1, -0.05) is 24.3 Å². The second-order valence-corrected chi connectivity index (χ2v) is 7.78. The van der Waals surface area contributed by atoms with Gasteiger partial charge in [0.15, 0.2) is 0 Å². The van der Waals surface area contributed by atoms with E-state index < -0.39 is 0 Å². The number of carbonyl (C=O) groups is 1. The third kappa shape index (κ3) is 5.06. The molecule has 0 bridgehead atoms. The quantitative estimate of drug-likeness (QED) is 0.533. The van der Waals surface area contributed by atoms with Crippen molar-refractivity contribution in [2.24, 2.45) is 0 Å². The number of para-hydroxylation sites is 2. The molecule has 2 N–H and O–H groups in total. The third-order valence-corrected chi connectivity index (χ3v) is 5.78. The number of amides is 1. The van der Waals surface area contributed by atoms with Gasteiger partial charge < -0.3 is 24.7 Å². The molecule has 32 heavy (non-hydrogen) atoms. The molecule has 2 heterocycles. The highest BCUT2D eigenvalue weighted by molar-refractivity contribution is 5.98.